The Morgan fingerprint density at radius 3 is 2.68 bits per heavy atom. The number of hydrogen-bond acceptors (Lipinski definition) is 5. The lowest BCUT2D eigenvalue weighted by atomic mass is 10.1. The van der Waals surface area contributed by atoms with Crippen molar-refractivity contribution in [3.05, 3.63) is 71.2 Å². The SMILES string of the molecule is Cc1cc(-c2noc(COc3ccc(Cl)cc3)n2)c2ccccc2n1. The number of pyridine rings is 1. The number of halogens is 1. The Kier molecular flexibility index (Phi) is 4.07. The summed E-state index contributed by atoms with van der Waals surface area (Å²) in [6.07, 6.45) is 0. The van der Waals surface area contributed by atoms with Crippen molar-refractivity contribution in [2.45, 2.75) is 13.5 Å². The van der Waals surface area contributed by atoms with E-state index in [1.807, 2.05) is 37.3 Å². The van der Waals surface area contributed by atoms with Gasteiger partial charge in [0.1, 0.15) is 5.75 Å². The maximum absolute atomic E-state index is 5.86. The lowest BCUT2D eigenvalue weighted by Crippen LogP contribution is -1.95. The molecule has 0 fully saturated rings. The minimum Gasteiger partial charge on any atom is -0.484 e. The zero-order valence-electron chi connectivity index (χ0n) is 13.4. The van der Waals surface area contributed by atoms with Crippen LogP contribution in [0.3, 0.4) is 0 Å². The highest BCUT2D eigenvalue weighted by atomic mass is 35.5. The van der Waals surface area contributed by atoms with Gasteiger partial charge >= 0.3 is 0 Å². The van der Waals surface area contributed by atoms with E-state index in [9.17, 15) is 0 Å². The highest BCUT2D eigenvalue weighted by Crippen LogP contribution is 2.26. The first-order valence-corrected chi connectivity index (χ1v) is 8.14. The fraction of sp³-hybridized carbons (Fsp3) is 0.105. The smallest absolute Gasteiger partial charge is 0.264 e. The minimum atomic E-state index is 0.191. The van der Waals surface area contributed by atoms with Gasteiger partial charge in [-0.15, -0.1) is 0 Å². The number of hydrogen-bond donors (Lipinski definition) is 0. The Balaban J connectivity index is 1.60. The van der Waals surface area contributed by atoms with Gasteiger partial charge < -0.3 is 9.26 Å². The van der Waals surface area contributed by atoms with Crippen molar-refractivity contribution in [2.24, 2.45) is 0 Å². The fourth-order valence-corrected chi connectivity index (χ4v) is 2.72. The Morgan fingerprint density at radius 2 is 1.84 bits per heavy atom. The van der Waals surface area contributed by atoms with E-state index in [2.05, 4.69) is 15.1 Å². The number of rotatable bonds is 4. The second-order valence-electron chi connectivity index (χ2n) is 5.58. The van der Waals surface area contributed by atoms with Gasteiger partial charge in [-0.25, -0.2) is 0 Å². The summed E-state index contributed by atoms with van der Waals surface area (Å²) in [5.74, 6) is 1.62. The lowest BCUT2D eigenvalue weighted by molar-refractivity contribution is 0.243. The van der Waals surface area contributed by atoms with Gasteiger partial charge in [0.15, 0.2) is 6.61 Å². The van der Waals surface area contributed by atoms with Crippen LogP contribution in [-0.4, -0.2) is 15.1 Å². The van der Waals surface area contributed by atoms with Crippen molar-refractivity contribution in [3.63, 3.8) is 0 Å². The topological polar surface area (TPSA) is 61.0 Å². The van der Waals surface area contributed by atoms with Gasteiger partial charge in [-0.3, -0.25) is 4.98 Å². The summed E-state index contributed by atoms with van der Waals surface area (Å²) in [6, 6.07) is 17.0. The first kappa shape index (κ1) is 15.6. The lowest BCUT2D eigenvalue weighted by Gasteiger charge is -2.04. The number of benzene rings is 2. The summed E-state index contributed by atoms with van der Waals surface area (Å²) >= 11 is 5.86. The first-order valence-electron chi connectivity index (χ1n) is 7.77. The van der Waals surface area contributed by atoms with E-state index in [1.165, 1.54) is 0 Å². The van der Waals surface area contributed by atoms with Crippen molar-refractivity contribution in [1.82, 2.24) is 15.1 Å². The van der Waals surface area contributed by atoms with Gasteiger partial charge in [0, 0.05) is 21.7 Å². The number of ether oxygens (including phenoxy) is 1. The van der Waals surface area contributed by atoms with E-state index in [4.69, 9.17) is 20.9 Å². The molecule has 0 radical (unpaired) electrons. The summed E-state index contributed by atoms with van der Waals surface area (Å²) in [4.78, 5) is 8.98. The number of para-hydroxylation sites is 1. The standard InChI is InChI=1S/C19H14ClN3O2/c1-12-10-16(15-4-2-3-5-17(15)21-12)19-22-18(25-23-19)11-24-14-8-6-13(20)7-9-14/h2-10H,11H2,1H3. The number of nitrogens with zero attached hydrogens (tertiary/aromatic N) is 3. The monoisotopic (exact) mass is 351 g/mol. The molecule has 4 rings (SSSR count). The van der Waals surface area contributed by atoms with E-state index in [1.54, 1.807) is 24.3 Å². The van der Waals surface area contributed by atoms with Crippen LogP contribution in [0.15, 0.2) is 59.1 Å². The third kappa shape index (κ3) is 3.32. The van der Waals surface area contributed by atoms with Crippen LogP contribution in [0.25, 0.3) is 22.3 Å². The van der Waals surface area contributed by atoms with Crippen LogP contribution in [-0.2, 0) is 6.61 Å². The molecule has 0 bridgehead atoms. The fourth-order valence-electron chi connectivity index (χ4n) is 2.59. The van der Waals surface area contributed by atoms with E-state index in [0.29, 0.717) is 22.5 Å². The van der Waals surface area contributed by atoms with Gasteiger partial charge in [0.25, 0.3) is 5.89 Å². The summed E-state index contributed by atoms with van der Waals surface area (Å²) < 4.78 is 11.0. The molecule has 0 aliphatic carbocycles. The second-order valence-corrected chi connectivity index (χ2v) is 6.02. The van der Waals surface area contributed by atoms with Gasteiger partial charge in [0.2, 0.25) is 5.82 Å². The van der Waals surface area contributed by atoms with Crippen LogP contribution in [0.2, 0.25) is 5.02 Å². The molecule has 0 saturated carbocycles. The van der Waals surface area contributed by atoms with Gasteiger partial charge in [0.05, 0.1) is 5.52 Å². The normalized spacial score (nSPS) is 11.0. The molecule has 124 valence electrons. The minimum absolute atomic E-state index is 0.191. The predicted octanol–water partition coefficient (Wildman–Crippen LogP) is 4.83. The predicted molar refractivity (Wildman–Crippen MR) is 95.6 cm³/mol. The first-order chi connectivity index (χ1) is 12.2. The molecular weight excluding hydrogens is 338 g/mol. The molecular formula is C19H14ClN3O2. The Bertz CT molecular complexity index is 1030. The Hall–Kier alpha value is -2.92. The van der Waals surface area contributed by atoms with Gasteiger partial charge in [-0.05, 0) is 43.3 Å². The zero-order chi connectivity index (χ0) is 17.2. The zero-order valence-corrected chi connectivity index (χ0v) is 14.2. The highest BCUT2D eigenvalue weighted by Gasteiger charge is 2.13. The molecule has 0 N–H and O–H groups in total. The second kappa shape index (κ2) is 6.53. The quantitative estimate of drug-likeness (QED) is 0.527. The van der Waals surface area contributed by atoms with Crippen LogP contribution in [0, 0.1) is 6.92 Å². The molecule has 0 amide bonds. The molecule has 0 aliphatic heterocycles. The van der Waals surface area contributed by atoms with E-state index < -0.39 is 0 Å². The molecule has 0 unspecified atom stereocenters. The van der Waals surface area contributed by atoms with Crippen LogP contribution < -0.4 is 4.74 Å². The summed E-state index contributed by atoms with van der Waals surface area (Å²) in [5, 5.41) is 5.73. The maximum atomic E-state index is 5.86. The molecule has 6 heteroatoms. The van der Waals surface area contributed by atoms with E-state index in [0.717, 1.165) is 22.2 Å². The summed E-state index contributed by atoms with van der Waals surface area (Å²) in [6.45, 7) is 2.14. The average molecular weight is 352 g/mol. The van der Waals surface area contributed by atoms with Crippen molar-refractivity contribution >= 4 is 22.5 Å². The highest BCUT2D eigenvalue weighted by molar-refractivity contribution is 6.30. The third-order valence-electron chi connectivity index (χ3n) is 3.73. The summed E-state index contributed by atoms with van der Waals surface area (Å²) in [5.41, 5.74) is 2.70. The number of fused-ring (bicyclic) bond motifs is 1. The Labute approximate surface area is 149 Å². The molecule has 2 aromatic heterocycles. The van der Waals surface area contributed by atoms with Crippen LogP contribution >= 0.6 is 11.6 Å². The number of aryl methyl sites for hydroxylation is 1. The van der Waals surface area contributed by atoms with Crippen molar-refractivity contribution < 1.29 is 9.26 Å². The molecule has 4 aromatic rings. The molecule has 2 heterocycles. The molecule has 25 heavy (non-hydrogen) atoms. The molecule has 0 spiro atoms. The molecule has 0 saturated heterocycles. The number of aromatic nitrogens is 3. The summed E-state index contributed by atoms with van der Waals surface area (Å²) in [7, 11) is 0. The third-order valence-corrected chi connectivity index (χ3v) is 3.98. The average Bonchev–Trinajstić information content (AvgIpc) is 3.09. The van der Waals surface area contributed by atoms with Gasteiger partial charge in [-0.2, -0.15) is 4.98 Å². The van der Waals surface area contributed by atoms with Gasteiger partial charge in [-0.1, -0.05) is 35.0 Å². The molecule has 0 aliphatic rings. The molecule has 2 aromatic carbocycles. The van der Waals surface area contributed by atoms with E-state index in [-0.39, 0.29) is 6.61 Å². The molecule has 5 nitrogen and oxygen atoms in total. The van der Waals surface area contributed by atoms with Crippen molar-refractivity contribution in [3.8, 4) is 17.1 Å². The largest absolute Gasteiger partial charge is 0.484 e. The van der Waals surface area contributed by atoms with Crippen LogP contribution in [0.1, 0.15) is 11.6 Å². The van der Waals surface area contributed by atoms with Crippen LogP contribution in [0.5, 0.6) is 5.75 Å². The van der Waals surface area contributed by atoms with Crippen LogP contribution in [0.4, 0.5) is 0 Å². The van der Waals surface area contributed by atoms with Crippen molar-refractivity contribution in [1.29, 1.82) is 0 Å². The Morgan fingerprint density at radius 1 is 1.04 bits per heavy atom. The molecule has 0 atom stereocenters. The van der Waals surface area contributed by atoms with Crippen molar-refractivity contribution in [2.75, 3.05) is 0 Å². The maximum Gasteiger partial charge on any atom is 0.264 e. The van der Waals surface area contributed by atoms with E-state index >= 15 is 0 Å².